The van der Waals surface area contributed by atoms with Gasteiger partial charge in [-0.2, -0.15) is 5.01 Å². The van der Waals surface area contributed by atoms with Crippen LogP contribution in [0.1, 0.15) is 53.3 Å². The van der Waals surface area contributed by atoms with Gasteiger partial charge in [0.1, 0.15) is 11.8 Å². The van der Waals surface area contributed by atoms with Gasteiger partial charge in [0, 0.05) is 23.3 Å². The molecule has 1 aliphatic heterocycles. The Balaban J connectivity index is 1.73. The average Bonchev–Trinajstić information content (AvgIpc) is 3.13. The van der Waals surface area contributed by atoms with Crippen molar-refractivity contribution in [2.24, 2.45) is 11.8 Å². The molecule has 1 saturated heterocycles. The molecule has 2 aromatic rings. The molecule has 10 nitrogen and oxygen atoms in total. The Morgan fingerprint density at radius 2 is 1.49 bits per heavy atom. The van der Waals surface area contributed by atoms with Gasteiger partial charge in [0.05, 0.1) is 23.9 Å². The highest BCUT2D eigenvalue weighted by Gasteiger charge is 2.53. The first kappa shape index (κ1) is 24.1. The van der Waals surface area contributed by atoms with E-state index in [1.807, 2.05) is 0 Å². The summed E-state index contributed by atoms with van der Waals surface area (Å²) in [6, 6.07) is 9.90. The maximum absolute atomic E-state index is 13.6. The van der Waals surface area contributed by atoms with Crippen molar-refractivity contribution in [3.8, 4) is 5.75 Å². The van der Waals surface area contributed by atoms with Crippen molar-refractivity contribution in [2.45, 2.75) is 38.6 Å². The van der Waals surface area contributed by atoms with Gasteiger partial charge in [-0.25, -0.2) is 5.01 Å². The van der Waals surface area contributed by atoms with Gasteiger partial charge in [0.2, 0.25) is 0 Å². The molecule has 182 valence electrons. The summed E-state index contributed by atoms with van der Waals surface area (Å²) in [6.07, 6.45) is 2.72. The van der Waals surface area contributed by atoms with Gasteiger partial charge in [0.15, 0.2) is 5.78 Å². The lowest BCUT2D eigenvalue weighted by Crippen LogP contribution is -2.56. The van der Waals surface area contributed by atoms with Crippen LogP contribution >= 0.6 is 0 Å². The normalized spacial score (nSPS) is 20.2. The van der Waals surface area contributed by atoms with Crippen molar-refractivity contribution in [3.63, 3.8) is 0 Å². The van der Waals surface area contributed by atoms with Gasteiger partial charge in [-0.3, -0.25) is 29.3 Å². The summed E-state index contributed by atoms with van der Waals surface area (Å²) >= 11 is 0. The topological polar surface area (TPSA) is 127 Å². The molecule has 0 N–H and O–H groups in total. The number of nitrogens with zero attached hydrogens (tertiary/aromatic N) is 3. The van der Waals surface area contributed by atoms with Gasteiger partial charge in [0.25, 0.3) is 23.4 Å². The molecular weight excluding hydrogens is 454 g/mol. The Labute approximate surface area is 201 Å². The Morgan fingerprint density at radius 3 is 1.97 bits per heavy atom. The molecule has 2 aliphatic rings. The number of benzene rings is 2. The number of hydrazine groups is 1. The number of ether oxygens (including phenoxy) is 1. The second kappa shape index (κ2) is 9.65. The minimum absolute atomic E-state index is 0.0143. The number of ketones is 1. The van der Waals surface area contributed by atoms with E-state index in [1.165, 1.54) is 26.2 Å². The number of imide groups is 1. The number of rotatable bonds is 7. The fraction of sp³-hybridized carbons (Fsp3) is 0.360. The van der Waals surface area contributed by atoms with Crippen LogP contribution in [0.4, 0.5) is 5.69 Å². The number of Topliss-reactive ketones (excluding diaryl/α,β-unsaturated/α-hetero) is 1. The summed E-state index contributed by atoms with van der Waals surface area (Å²) in [7, 11) is 1.49. The van der Waals surface area contributed by atoms with Crippen molar-refractivity contribution in [2.75, 3.05) is 7.11 Å². The molecule has 1 heterocycles. The Kier molecular flexibility index (Phi) is 6.63. The molecular formula is C25H25N3O7. The van der Waals surface area contributed by atoms with Crippen molar-refractivity contribution >= 4 is 29.2 Å². The monoisotopic (exact) mass is 479 g/mol. The number of hydrogen-bond donors (Lipinski definition) is 0. The highest BCUT2D eigenvalue weighted by Crippen LogP contribution is 2.39. The Morgan fingerprint density at radius 1 is 0.971 bits per heavy atom. The van der Waals surface area contributed by atoms with Gasteiger partial charge in [-0.15, -0.1) is 0 Å². The second-order valence-corrected chi connectivity index (χ2v) is 8.71. The van der Waals surface area contributed by atoms with Gasteiger partial charge in [-0.1, -0.05) is 12.8 Å². The standard InChI is InChI=1S/C25H25N3O7/c1-15(22(29)16-9-13-19(35-2)14-10-16)26(23(30)17-7-11-18(12-8-17)28(33)34)27-24(31)20-5-3-4-6-21(20)25(27)32/h7-15,20-21H,3-6H2,1-2H3/t15-,20-,21+/m1/s1. The van der Waals surface area contributed by atoms with Crippen LogP contribution in [-0.4, -0.2) is 51.6 Å². The largest absolute Gasteiger partial charge is 0.497 e. The predicted molar refractivity (Wildman–Crippen MR) is 123 cm³/mol. The summed E-state index contributed by atoms with van der Waals surface area (Å²) in [6.45, 7) is 1.46. The highest BCUT2D eigenvalue weighted by atomic mass is 16.6. The minimum atomic E-state index is -1.20. The maximum atomic E-state index is 13.6. The van der Waals surface area contributed by atoms with E-state index >= 15 is 0 Å². The van der Waals surface area contributed by atoms with E-state index in [0.717, 1.165) is 35.0 Å². The minimum Gasteiger partial charge on any atom is -0.497 e. The Hall–Kier alpha value is -4.08. The number of fused-ring (bicyclic) bond motifs is 1. The van der Waals surface area contributed by atoms with E-state index in [-0.39, 0.29) is 16.8 Å². The van der Waals surface area contributed by atoms with Crippen LogP contribution in [0.5, 0.6) is 5.75 Å². The van der Waals surface area contributed by atoms with E-state index in [4.69, 9.17) is 4.74 Å². The van der Waals surface area contributed by atoms with Gasteiger partial charge < -0.3 is 4.74 Å². The number of carbonyl (C=O) groups excluding carboxylic acids is 4. The maximum Gasteiger partial charge on any atom is 0.273 e. The molecule has 0 bridgehead atoms. The second-order valence-electron chi connectivity index (χ2n) is 8.71. The van der Waals surface area contributed by atoms with Crippen molar-refractivity contribution in [1.29, 1.82) is 0 Å². The summed E-state index contributed by atoms with van der Waals surface area (Å²) in [5, 5.41) is 12.8. The van der Waals surface area contributed by atoms with E-state index in [0.29, 0.717) is 18.6 Å². The van der Waals surface area contributed by atoms with Crippen LogP contribution in [0.2, 0.25) is 0 Å². The van der Waals surface area contributed by atoms with Crippen LogP contribution in [0.3, 0.4) is 0 Å². The number of non-ortho nitro benzene ring substituents is 1. The molecule has 35 heavy (non-hydrogen) atoms. The SMILES string of the molecule is COc1ccc(C(=O)[C@@H](C)N(C(=O)c2ccc([N+](=O)[O-])cc2)N2C(=O)[C@H]3CCCC[C@H]3C2=O)cc1. The molecule has 0 aromatic heterocycles. The van der Waals surface area contributed by atoms with Gasteiger partial charge >= 0.3 is 0 Å². The first-order chi connectivity index (χ1) is 16.7. The van der Waals surface area contributed by atoms with E-state index in [9.17, 15) is 29.3 Å². The fourth-order valence-corrected chi connectivity index (χ4v) is 4.76. The van der Waals surface area contributed by atoms with Crippen LogP contribution in [-0.2, 0) is 9.59 Å². The smallest absolute Gasteiger partial charge is 0.273 e. The number of nitro benzene ring substituents is 1. The molecule has 3 atom stereocenters. The molecule has 0 unspecified atom stereocenters. The molecule has 0 radical (unpaired) electrons. The predicted octanol–water partition coefficient (Wildman–Crippen LogP) is 3.41. The summed E-state index contributed by atoms with van der Waals surface area (Å²) in [5.41, 5.74) is 0.0755. The van der Waals surface area contributed by atoms with Crippen molar-refractivity contribution in [3.05, 3.63) is 69.8 Å². The van der Waals surface area contributed by atoms with Crippen molar-refractivity contribution < 1.29 is 28.8 Å². The summed E-state index contributed by atoms with van der Waals surface area (Å²) in [4.78, 5) is 64.0. The van der Waals surface area contributed by atoms with Crippen LogP contribution in [0, 0.1) is 22.0 Å². The van der Waals surface area contributed by atoms with Gasteiger partial charge in [-0.05, 0) is 56.2 Å². The lowest BCUT2D eigenvalue weighted by molar-refractivity contribution is -0.384. The Bertz CT molecular complexity index is 1150. The van der Waals surface area contributed by atoms with Crippen molar-refractivity contribution in [1.82, 2.24) is 10.0 Å². The zero-order valence-corrected chi connectivity index (χ0v) is 19.4. The number of hydrogen-bond acceptors (Lipinski definition) is 7. The third kappa shape index (κ3) is 4.39. The third-order valence-electron chi connectivity index (χ3n) is 6.69. The van der Waals surface area contributed by atoms with Crippen LogP contribution in [0.25, 0.3) is 0 Å². The molecule has 3 amide bonds. The fourth-order valence-electron chi connectivity index (χ4n) is 4.76. The number of methoxy groups -OCH3 is 1. The molecule has 0 spiro atoms. The highest BCUT2D eigenvalue weighted by molar-refractivity contribution is 6.10. The van der Waals surface area contributed by atoms with E-state index < -0.39 is 46.3 Å². The zero-order chi connectivity index (χ0) is 25.3. The molecule has 1 aliphatic carbocycles. The number of carbonyl (C=O) groups is 4. The summed E-state index contributed by atoms with van der Waals surface area (Å²) < 4.78 is 5.12. The van der Waals surface area contributed by atoms with Crippen LogP contribution in [0.15, 0.2) is 48.5 Å². The molecule has 4 rings (SSSR count). The van der Waals surface area contributed by atoms with Crippen LogP contribution < -0.4 is 4.74 Å². The zero-order valence-electron chi connectivity index (χ0n) is 19.4. The molecule has 2 aromatic carbocycles. The molecule has 2 fully saturated rings. The first-order valence-electron chi connectivity index (χ1n) is 11.4. The first-order valence-corrected chi connectivity index (χ1v) is 11.4. The lowest BCUT2D eigenvalue weighted by atomic mass is 9.81. The average molecular weight is 479 g/mol. The third-order valence-corrected chi connectivity index (χ3v) is 6.69. The summed E-state index contributed by atoms with van der Waals surface area (Å²) in [5.74, 6) is -2.73. The molecule has 10 heteroatoms. The van der Waals surface area contributed by atoms with E-state index in [1.54, 1.807) is 24.3 Å². The quantitative estimate of drug-likeness (QED) is 0.258. The molecule has 1 saturated carbocycles. The lowest BCUT2D eigenvalue weighted by Gasteiger charge is -2.34. The number of amides is 3. The number of nitro groups is 1. The van der Waals surface area contributed by atoms with E-state index in [2.05, 4.69) is 0 Å².